The summed E-state index contributed by atoms with van der Waals surface area (Å²) in [6, 6.07) is 10.9. The standard InChI is InChI=1S/C25H30/c1-7-11-17(2)20-14-15-21-22(18(20)3)16-23(25(4,5)6)24(21)19-12-9-8-10-13-19/h8-10,12-14H,2-3,7,11,15-16H2,1,4-6H3. The molecule has 0 amide bonds. The Kier molecular flexibility index (Phi) is 4.73. The van der Waals surface area contributed by atoms with Gasteiger partial charge in [-0.3, -0.25) is 0 Å². The van der Waals surface area contributed by atoms with Gasteiger partial charge in [0.2, 0.25) is 0 Å². The van der Waals surface area contributed by atoms with Crippen LogP contribution in [0.1, 0.15) is 58.9 Å². The van der Waals surface area contributed by atoms with Crippen molar-refractivity contribution in [2.45, 2.75) is 53.4 Å². The van der Waals surface area contributed by atoms with Gasteiger partial charge in [0.05, 0.1) is 0 Å². The zero-order valence-electron chi connectivity index (χ0n) is 16.2. The quantitative estimate of drug-likeness (QED) is 0.538. The summed E-state index contributed by atoms with van der Waals surface area (Å²) in [5.41, 5.74) is 11.2. The highest BCUT2D eigenvalue weighted by Gasteiger charge is 2.34. The molecule has 130 valence electrons. The highest BCUT2D eigenvalue weighted by Crippen LogP contribution is 2.52. The summed E-state index contributed by atoms with van der Waals surface area (Å²) >= 11 is 0. The second-order valence-corrected chi connectivity index (χ2v) is 8.26. The van der Waals surface area contributed by atoms with Crippen molar-refractivity contribution in [3.8, 4) is 0 Å². The number of benzene rings is 1. The molecule has 1 aromatic carbocycles. The van der Waals surface area contributed by atoms with Gasteiger partial charge in [-0.15, -0.1) is 0 Å². The molecule has 0 saturated heterocycles. The monoisotopic (exact) mass is 330 g/mol. The van der Waals surface area contributed by atoms with Crippen LogP contribution in [0, 0.1) is 5.41 Å². The van der Waals surface area contributed by atoms with Crippen molar-refractivity contribution < 1.29 is 0 Å². The first-order valence-electron chi connectivity index (χ1n) is 9.44. The summed E-state index contributed by atoms with van der Waals surface area (Å²) in [6.07, 6.45) is 6.57. The number of hydrogen-bond acceptors (Lipinski definition) is 0. The maximum atomic E-state index is 4.47. The molecule has 0 N–H and O–H groups in total. The van der Waals surface area contributed by atoms with Crippen LogP contribution < -0.4 is 0 Å². The molecule has 1 aromatic rings. The van der Waals surface area contributed by atoms with Gasteiger partial charge in [-0.2, -0.15) is 0 Å². The lowest BCUT2D eigenvalue weighted by atomic mass is 9.81. The van der Waals surface area contributed by atoms with Crippen LogP contribution in [0.4, 0.5) is 0 Å². The first-order valence-corrected chi connectivity index (χ1v) is 9.44. The SMILES string of the molecule is C=C(CCC)C1=CCC2=C(CC(C(C)(C)C)=C2c2ccccc2)C1=C. The van der Waals surface area contributed by atoms with Crippen molar-refractivity contribution in [2.24, 2.45) is 5.41 Å². The third-order valence-corrected chi connectivity index (χ3v) is 5.42. The molecule has 3 rings (SSSR count). The van der Waals surface area contributed by atoms with Crippen molar-refractivity contribution >= 4 is 5.57 Å². The molecule has 0 atom stereocenters. The van der Waals surface area contributed by atoms with Crippen molar-refractivity contribution in [1.82, 2.24) is 0 Å². The van der Waals surface area contributed by atoms with E-state index >= 15 is 0 Å². The number of allylic oxidation sites excluding steroid dienone is 8. The van der Waals surface area contributed by atoms with Gasteiger partial charge < -0.3 is 0 Å². The summed E-state index contributed by atoms with van der Waals surface area (Å²) in [7, 11) is 0. The maximum absolute atomic E-state index is 4.47. The maximum Gasteiger partial charge on any atom is -0.00435 e. The molecule has 0 fully saturated rings. The minimum atomic E-state index is 0.156. The van der Waals surface area contributed by atoms with Crippen LogP contribution in [0.25, 0.3) is 5.57 Å². The van der Waals surface area contributed by atoms with Crippen LogP contribution >= 0.6 is 0 Å². The minimum Gasteiger partial charge on any atom is -0.0952 e. The van der Waals surface area contributed by atoms with Crippen LogP contribution in [-0.4, -0.2) is 0 Å². The lowest BCUT2D eigenvalue weighted by molar-refractivity contribution is 0.497. The van der Waals surface area contributed by atoms with Gasteiger partial charge in [-0.25, -0.2) is 0 Å². The fraction of sp³-hybridized carbons (Fsp3) is 0.360. The lowest BCUT2D eigenvalue weighted by Gasteiger charge is -2.24. The van der Waals surface area contributed by atoms with Gasteiger partial charge in [0, 0.05) is 0 Å². The van der Waals surface area contributed by atoms with E-state index in [1.807, 2.05) is 0 Å². The second kappa shape index (κ2) is 6.67. The zero-order chi connectivity index (χ0) is 18.2. The Bertz CT molecular complexity index is 801. The Hall–Kier alpha value is -2.08. The molecule has 0 saturated carbocycles. The van der Waals surface area contributed by atoms with Crippen LogP contribution in [-0.2, 0) is 0 Å². The molecule has 0 unspecified atom stereocenters. The van der Waals surface area contributed by atoms with Crippen LogP contribution in [0.2, 0.25) is 0 Å². The molecular weight excluding hydrogens is 300 g/mol. The second-order valence-electron chi connectivity index (χ2n) is 8.26. The van der Waals surface area contributed by atoms with E-state index in [-0.39, 0.29) is 5.41 Å². The first kappa shape index (κ1) is 17.7. The molecule has 2 aliphatic carbocycles. The molecule has 0 bridgehead atoms. The molecule has 0 spiro atoms. The van der Waals surface area contributed by atoms with Gasteiger partial charge in [0.15, 0.2) is 0 Å². The predicted octanol–water partition coefficient (Wildman–Crippen LogP) is 7.43. The topological polar surface area (TPSA) is 0 Å². The first-order chi connectivity index (χ1) is 11.8. The molecule has 0 nitrogen and oxygen atoms in total. The van der Waals surface area contributed by atoms with Gasteiger partial charge in [0.25, 0.3) is 0 Å². The van der Waals surface area contributed by atoms with E-state index in [2.05, 4.69) is 77.3 Å². The average Bonchev–Trinajstić information content (AvgIpc) is 2.97. The van der Waals surface area contributed by atoms with Crippen molar-refractivity contribution in [2.75, 3.05) is 0 Å². The fourth-order valence-corrected chi connectivity index (χ4v) is 4.10. The third-order valence-electron chi connectivity index (χ3n) is 5.42. The molecule has 0 heteroatoms. The summed E-state index contributed by atoms with van der Waals surface area (Å²) in [5, 5.41) is 0. The lowest BCUT2D eigenvalue weighted by Crippen LogP contribution is -2.10. The van der Waals surface area contributed by atoms with E-state index < -0.39 is 0 Å². The van der Waals surface area contributed by atoms with Crippen molar-refractivity contribution in [1.29, 1.82) is 0 Å². The van der Waals surface area contributed by atoms with Crippen LogP contribution in [0.15, 0.2) is 83.0 Å². The van der Waals surface area contributed by atoms with Gasteiger partial charge in [0.1, 0.15) is 0 Å². The summed E-state index contributed by atoms with van der Waals surface area (Å²) < 4.78 is 0. The third kappa shape index (κ3) is 3.23. The van der Waals surface area contributed by atoms with E-state index in [1.165, 1.54) is 39.0 Å². The summed E-state index contributed by atoms with van der Waals surface area (Å²) in [5.74, 6) is 0. The number of hydrogen-bond donors (Lipinski definition) is 0. The molecule has 0 radical (unpaired) electrons. The predicted molar refractivity (Wildman–Crippen MR) is 110 cm³/mol. The number of rotatable bonds is 4. The Balaban J connectivity index is 2.05. The minimum absolute atomic E-state index is 0.156. The van der Waals surface area contributed by atoms with Crippen molar-refractivity contribution in [3.63, 3.8) is 0 Å². The highest BCUT2D eigenvalue weighted by molar-refractivity contribution is 5.89. The molecule has 2 aliphatic rings. The Labute approximate surface area is 153 Å². The molecule has 0 aliphatic heterocycles. The van der Waals surface area contributed by atoms with Crippen LogP contribution in [0.3, 0.4) is 0 Å². The Morgan fingerprint density at radius 1 is 1.08 bits per heavy atom. The Morgan fingerprint density at radius 3 is 2.36 bits per heavy atom. The fourth-order valence-electron chi connectivity index (χ4n) is 4.10. The van der Waals surface area contributed by atoms with Gasteiger partial charge >= 0.3 is 0 Å². The molecule has 25 heavy (non-hydrogen) atoms. The average molecular weight is 331 g/mol. The van der Waals surface area contributed by atoms with E-state index in [9.17, 15) is 0 Å². The molecule has 0 heterocycles. The molecule has 0 aromatic heterocycles. The van der Waals surface area contributed by atoms with Gasteiger partial charge in [-0.05, 0) is 63.7 Å². The van der Waals surface area contributed by atoms with Gasteiger partial charge in [-0.1, -0.05) is 89.3 Å². The van der Waals surface area contributed by atoms with E-state index in [0.29, 0.717) is 0 Å². The highest BCUT2D eigenvalue weighted by atomic mass is 14.4. The molecular formula is C25H30. The normalized spacial score (nSPS) is 17.8. The summed E-state index contributed by atoms with van der Waals surface area (Å²) in [4.78, 5) is 0. The largest absolute Gasteiger partial charge is 0.0952 e. The zero-order valence-corrected chi connectivity index (χ0v) is 16.2. The van der Waals surface area contributed by atoms with Crippen LogP contribution in [0.5, 0.6) is 0 Å². The Morgan fingerprint density at radius 2 is 1.76 bits per heavy atom. The van der Waals surface area contributed by atoms with E-state index in [4.69, 9.17) is 0 Å². The van der Waals surface area contributed by atoms with Crippen molar-refractivity contribution in [3.05, 3.63) is 88.6 Å². The smallest absolute Gasteiger partial charge is 0.00435 e. The van der Waals surface area contributed by atoms with E-state index in [0.717, 1.165) is 25.7 Å². The summed E-state index contributed by atoms with van der Waals surface area (Å²) in [6.45, 7) is 18.0. The van der Waals surface area contributed by atoms with E-state index in [1.54, 1.807) is 5.57 Å².